The number of nitrogens with zero attached hydrogens (tertiary/aromatic N) is 4. The van der Waals surface area contributed by atoms with Gasteiger partial charge in [0.25, 0.3) is 5.91 Å². The molecule has 10 heteroatoms. The van der Waals surface area contributed by atoms with E-state index in [4.69, 9.17) is 9.47 Å². The molecular weight excluding hydrogens is 632 g/mol. The Bertz CT molecular complexity index is 1490. The molecule has 2 aromatic rings. The number of aliphatic hydroxyl groups excluding tert-OH is 1. The average Bonchev–Trinajstić information content (AvgIpc) is 3.77. The highest BCUT2D eigenvalue weighted by atomic mass is 16.5. The zero-order chi connectivity index (χ0) is 35.8. The molecule has 0 radical (unpaired) electrons. The predicted molar refractivity (Wildman–Crippen MR) is 198 cm³/mol. The van der Waals surface area contributed by atoms with Gasteiger partial charge in [0.1, 0.15) is 17.4 Å². The first-order valence-electron chi connectivity index (χ1n) is 18.3. The van der Waals surface area contributed by atoms with Crippen LogP contribution in [0.1, 0.15) is 59.3 Å². The fourth-order valence-electron chi connectivity index (χ4n) is 8.25. The first-order valence-corrected chi connectivity index (χ1v) is 18.3. The first kappa shape index (κ1) is 37.1. The number of likely N-dealkylation sites (tertiary alicyclic amines) is 1. The molecule has 2 unspecified atom stereocenters. The fraction of sp³-hybridized carbons (Fsp3) is 0.525. The molecule has 2 aromatic carbocycles. The Morgan fingerprint density at radius 1 is 0.900 bits per heavy atom. The molecule has 270 valence electrons. The van der Waals surface area contributed by atoms with Gasteiger partial charge in [0, 0.05) is 56.4 Å². The van der Waals surface area contributed by atoms with Gasteiger partial charge in [-0.15, -0.1) is 13.2 Å². The lowest BCUT2D eigenvalue weighted by Crippen LogP contribution is -2.56. The highest BCUT2D eigenvalue weighted by Gasteiger charge is 2.75. The third-order valence-electron chi connectivity index (χ3n) is 10.5. The summed E-state index contributed by atoms with van der Waals surface area (Å²) in [5, 5.41) is 9.30. The van der Waals surface area contributed by atoms with E-state index in [2.05, 4.69) is 31.9 Å². The third kappa shape index (κ3) is 7.05. The second-order valence-electron chi connectivity index (χ2n) is 13.3. The molecule has 0 aromatic heterocycles. The number of amides is 3. The fourth-order valence-corrected chi connectivity index (χ4v) is 8.25. The van der Waals surface area contributed by atoms with Crippen LogP contribution >= 0.6 is 0 Å². The van der Waals surface area contributed by atoms with Gasteiger partial charge in [0.2, 0.25) is 11.8 Å². The van der Waals surface area contributed by atoms with Crippen LogP contribution in [0.15, 0.2) is 73.8 Å². The van der Waals surface area contributed by atoms with Crippen LogP contribution in [0, 0.1) is 11.8 Å². The molecule has 3 fully saturated rings. The van der Waals surface area contributed by atoms with Gasteiger partial charge >= 0.3 is 0 Å². The normalized spacial score (nSPS) is 23.4. The number of benzene rings is 2. The summed E-state index contributed by atoms with van der Waals surface area (Å²) in [4.78, 5) is 51.5. The van der Waals surface area contributed by atoms with Crippen LogP contribution in [0.25, 0.3) is 0 Å². The average molecular weight is 687 g/mol. The quantitative estimate of drug-likeness (QED) is 0.152. The van der Waals surface area contributed by atoms with Gasteiger partial charge < -0.3 is 34.2 Å². The van der Waals surface area contributed by atoms with E-state index in [-0.39, 0.29) is 37.4 Å². The third-order valence-corrected chi connectivity index (χ3v) is 10.5. The highest BCUT2D eigenvalue weighted by Crippen LogP contribution is 2.59. The minimum atomic E-state index is -1.12. The lowest BCUT2D eigenvalue weighted by molar-refractivity contribution is -0.140. The standard InChI is InChI=1S/C40H54N4O6/c1-6-25-42(31-19-21-32(22-20-31)49-10-5)37(46)34-33-23-24-40(50-33)35(34)38(47)44(27-13-11-12-14-28-45)36(40)39(48)43(26-7-2)30-17-15-29(16-18-30)41(8-3)9-4/h6-7,15-22,33-36,45H,1-2,8-14,23-28H2,3-5H3/t33-,34+,35-,36?,40?/m0/s1. The van der Waals surface area contributed by atoms with Crippen molar-refractivity contribution in [3.63, 3.8) is 0 Å². The van der Waals surface area contributed by atoms with Crippen LogP contribution in [0.4, 0.5) is 17.1 Å². The molecule has 0 aliphatic carbocycles. The summed E-state index contributed by atoms with van der Waals surface area (Å²) in [5.41, 5.74) is 1.34. The lowest BCUT2D eigenvalue weighted by Gasteiger charge is -2.37. The second-order valence-corrected chi connectivity index (χ2v) is 13.3. The van der Waals surface area contributed by atoms with Gasteiger partial charge in [0.15, 0.2) is 0 Å². The molecule has 10 nitrogen and oxygen atoms in total. The number of anilines is 3. The van der Waals surface area contributed by atoms with Gasteiger partial charge in [-0.05, 0) is 95.0 Å². The number of hydrogen-bond donors (Lipinski definition) is 1. The van der Waals surface area contributed by atoms with Crippen LogP contribution in [-0.2, 0) is 19.1 Å². The Morgan fingerprint density at radius 2 is 1.48 bits per heavy atom. The van der Waals surface area contributed by atoms with Gasteiger partial charge in [0.05, 0.1) is 24.5 Å². The SMILES string of the molecule is C=CCN(C(=O)C1N(CCCCCCO)C(=O)[C@@H]2[C@H](C(=O)N(CC=C)c3ccc(OCC)cc3)[C@@H]3CCC12O3)c1ccc(N(CC)CC)cc1. The van der Waals surface area contributed by atoms with E-state index >= 15 is 0 Å². The number of aliphatic hydroxyl groups is 1. The highest BCUT2D eigenvalue weighted by molar-refractivity contribution is 6.06. The van der Waals surface area contributed by atoms with Gasteiger partial charge in [-0.2, -0.15) is 0 Å². The summed E-state index contributed by atoms with van der Waals surface area (Å²) >= 11 is 0. The van der Waals surface area contributed by atoms with Crippen LogP contribution in [0.2, 0.25) is 0 Å². The smallest absolute Gasteiger partial charge is 0.253 e. The summed E-state index contributed by atoms with van der Waals surface area (Å²) in [6, 6.07) is 14.4. The Kier molecular flexibility index (Phi) is 12.4. The molecule has 3 saturated heterocycles. The molecule has 5 atom stereocenters. The minimum absolute atomic E-state index is 0.118. The Hall–Kier alpha value is -4.15. The van der Waals surface area contributed by atoms with Crippen molar-refractivity contribution >= 4 is 34.8 Å². The minimum Gasteiger partial charge on any atom is -0.494 e. The van der Waals surface area contributed by atoms with Crippen molar-refractivity contribution in [2.24, 2.45) is 11.8 Å². The van der Waals surface area contributed by atoms with Crippen LogP contribution in [0.5, 0.6) is 5.75 Å². The van der Waals surface area contributed by atoms with E-state index in [1.54, 1.807) is 26.9 Å². The number of hydrogen-bond acceptors (Lipinski definition) is 7. The van der Waals surface area contributed by atoms with Crippen molar-refractivity contribution in [2.75, 3.05) is 60.6 Å². The Balaban J connectivity index is 1.50. The number of ether oxygens (including phenoxy) is 2. The molecule has 1 N–H and O–H groups in total. The molecule has 3 aliphatic rings. The van der Waals surface area contributed by atoms with Crippen molar-refractivity contribution in [1.82, 2.24) is 4.90 Å². The van der Waals surface area contributed by atoms with Crippen molar-refractivity contribution < 1.29 is 29.0 Å². The molecule has 3 aliphatic heterocycles. The second kappa shape index (κ2) is 16.7. The van der Waals surface area contributed by atoms with Crippen molar-refractivity contribution in [3.8, 4) is 5.75 Å². The maximum Gasteiger partial charge on any atom is 0.253 e. The molecular formula is C40H54N4O6. The molecule has 50 heavy (non-hydrogen) atoms. The zero-order valence-corrected chi connectivity index (χ0v) is 30.0. The molecule has 3 amide bonds. The van der Waals surface area contributed by atoms with Crippen molar-refractivity contribution in [2.45, 2.75) is 77.0 Å². The summed E-state index contributed by atoms with van der Waals surface area (Å²) < 4.78 is 12.4. The Labute approximate surface area is 297 Å². The van der Waals surface area contributed by atoms with Crippen molar-refractivity contribution in [1.29, 1.82) is 0 Å². The van der Waals surface area contributed by atoms with Gasteiger partial charge in [-0.25, -0.2) is 0 Å². The van der Waals surface area contributed by atoms with E-state index in [1.165, 1.54) is 0 Å². The summed E-state index contributed by atoms with van der Waals surface area (Å²) in [5.74, 6) is -1.45. The van der Waals surface area contributed by atoms with E-state index in [0.717, 1.165) is 31.6 Å². The van der Waals surface area contributed by atoms with Gasteiger partial charge in [-0.1, -0.05) is 25.0 Å². The van der Waals surface area contributed by atoms with Gasteiger partial charge in [-0.3, -0.25) is 14.4 Å². The lowest BCUT2D eigenvalue weighted by atomic mass is 9.70. The molecule has 1 spiro atoms. The summed E-state index contributed by atoms with van der Waals surface area (Å²) in [6.07, 6.45) is 7.00. The monoisotopic (exact) mass is 686 g/mol. The van der Waals surface area contributed by atoms with Crippen LogP contribution < -0.4 is 19.4 Å². The van der Waals surface area contributed by atoms with Crippen LogP contribution in [-0.4, -0.2) is 91.4 Å². The number of fused-ring (bicyclic) bond motifs is 1. The van der Waals surface area contributed by atoms with E-state index in [9.17, 15) is 19.5 Å². The summed E-state index contributed by atoms with van der Waals surface area (Å²) in [7, 11) is 0. The van der Waals surface area contributed by atoms with E-state index in [1.807, 2.05) is 55.5 Å². The molecule has 0 saturated carbocycles. The predicted octanol–water partition coefficient (Wildman–Crippen LogP) is 5.60. The molecule has 2 bridgehead atoms. The topological polar surface area (TPSA) is 103 Å². The molecule has 3 heterocycles. The largest absolute Gasteiger partial charge is 0.494 e. The zero-order valence-electron chi connectivity index (χ0n) is 30.0. The maximum absolute atomic E-state index is 14.9. The summed E-state index contributed by atoms with van der Waals surface area (Å²) in [6.45, 7) is 17.3. The first-order chi connectivity index (χ1) is 24.3. The number of carbonyl (C=O) groups excluding carboxylic acids is 3. The number of rotatable bonds is 19. The number of unbranched alkanes of at least 4 members (excludes halogenated alkanes) is 3. The van der Waals surface area contributed by atoms with Crippen molar-refractivity contribution in [3.05, 3.63) is 73.8 Å². The molecule has 5 rings (SSSR count). The number of carbonyl (C=O) groups is 3. The Morgan fingerprint density at radius 3 is 2.06 bits per heavy atom. The van der Waals surface area contributed by atoms with E-state index in [0.29, 0.717) is 56.0 Å². The van der Waals surface area contributed by atoms with E-state index < -0.39 is 29.6 Å². The van der Waals surface area contributed by atoms with Crippen LogP contribution in [0.3, 0.4) is 0 Å². The maximum atomic E-state index is 14.9.